The minimum atomic E-state index is -2.19. The van der Waals surface area contributed by atoms with Crippen molar-refractivity contribution >= 4 is 8.25 Å². The lowest BCUT2D eigenvalue weighted by Crippen LogP contribution is -1.93. The fourth-order valence-electron chi connectivity index (χ4n) is 1.79. The van der Waals surface area contributed by atoms with Crippen LogP contribution in [0.2, 0.25) is 0 Å². The first-order valence-corrected chi connectivity index (χ1v) is 7.41. The molecule has 3 nitrogen and oxygen atoms in total. The zero-order valence-corrected chi connectivity index (χ0v) is 10.5. The van der Waals surface area contributed by atoms with Gasteiger partial charge < -0.3 is 9.05 Å². The summed E-state index contributed by atoms with van der Waals surface area (Å²) in [5.41, 5.74) is 0. The van der Waals surface area contributed by atoms with E-state index in [2.05, 4.69) is 0 Å². The van der Waals surface area contributed by atoms with E-state index in [0.717, 1.165) is 12.8 Å². The van der Waals surface area contributed by atoms with Crippen molar-refractivity contribution in [3.63, 3.8) is 0 Å². The summed E-state index contributed by atoms with van der Waals surface area (Å²) in [6.07, 6.45) is 11.0. The van der Waals surface area contributed by atoms with Gasteiger partial charge in [-0.1, -0.05) is 44.9 Å². The van der Waals surface area contributed by atoms with Crippen LogP contribution in [-0.4, -0.2) is 13.2 Å². The molecule has 1 fully saturated rings. The zero-order chi connectivity index (χ0) is 10.8. The maximum Gasteiger partial charge on any atom is 0.319 e. The molecule has 0 aliphatic carbocycles. The van der Waals surface area contributed by atoms with Gasteiger partial charge in [0.1, 0.15) is 0 Å². The van der Waals surface area contributed by atoms with Crippen molar-refractivity contribution in [3.8, 4) is 0 Å². The van der Waals surface area contributed by atoms with E-state index in [0.29, 0.717) is 13.2 Å². The molecule has 0 unspecified atom stereocenters. The van der Waals surface area contributed by atoms with Gasteiger partial charge in [-0.2, -0.15) is 0 Å². The van der Waals surface area contributed by atoms with Crippen molar-refractivity contribution in [3.05, 3.63) is 0 Å². The Morgan fingerprint density at radius 2 is 0.933 bits per heavy atom. The predicted octanol–water partition coefficient (Wildman–Crippen LogP) is 3.93. The van der Waals surface area contributed by atoms with Crippen LogP contribution >= 0.6 is 8.25 Å². The SMILES string of the molecule is O=[PH]1OCCCCCCCCCCCO1. The van der Waals surface area contributed by atoms with Crippen molar-refractivity contribution < 1.29 is 13.6 Å². The summed E-state index contributed by atoms with van der Waals surface area (Å²) < 4.78 is 21.4. The van der Waals surface area contributed by atoms with Gasteiger partial charge in [0.25, 0.3) is 0 Å². The smallest absolute Gasteiger partial charge is 0.311 e. The lowest BCUT2D eigenvalue weighted by Gasteiger charge is -2.07. The molecular formula is C11H23O3P. The van der Waals surface area contributed by atoms with Gasteiger partial charge in [0.2, 0.25) is 0 Å². The number of rotatable bonds is 0. The van der Waals surface area contributed by atoms with Crippen LogP contribution in [0.1, 0.15) is 57.8 Å². The van der Waals surface area contributed by atoms with Gasteiger partial charge >= 0.3 is 8.25 Å². The predicted molar refractivity (Wildman–Crippen MR) is 62.5 cm³/mol. The summed E-state index contributed by atoms with van der Waals surface area (Å²) in [5.74, 6) is 0. The number of hydrogen-bond acceptors (Lipinski definition) is 3. The van der Waals surface area contributed by atoms with E-state index in [1.165, 1.54) is 44.9 Å². The van der Waals surface area contributed by atoms with E-state index in [4.69, 9.17) is 9.05 Å². The summed E-state index contributed by atoms with van der Waals surface area (Å²) >= 11 is 0. The molecule has 1 rings (SSSR count). The Bertz CT molecular complexity index is 157. The fourth-order valence-corrected chi connectivity index (χ4v) is 2.50. The average Bonchev–Trinajstić information content (AvgIpc) is 2.24. The highest BCUT2D eigenvalue weighted by Gasteiger charge is 2.01. The molecule has 0 N–H and O–H groups in total. The lowest BCUT2D eigenvalue weighted by molar-refractivity contribution is 0.217. The first kappa shape index (κ1) is 13.2. The van der Waals surface area contributed by atoms with Crippen LogP contribution in [0.3, 0.4) is 0 Å². The topological polar surface area (TPSA) is 35.5 Å². The maximum absolute atomic E-state index is 11.2. The van der Waals surface area contributed by atoms with Gasteiger partial charge in [0, 0.05) is 0 Å². The highest BCUT2D eigenvalue weighted by atomic mass is 31.1. The third-order valence-corrected chi connectivity index (χ3v) is 3.61. The maximum atomic E-state index is 11.2. The zero-order valence-electron chi connectivity index (χ0n) is 9.50. The molecule has 1 aliphatic heterocycles. The Kier molecular flexibility index (Phi) is 8.27. The molecule has 0 radical (unpaired) electrons. The molecule has 1 aliphatic rings. The van der Waals surface area contributed by atoms with E-state index < -0.39 is 8.25 Å². The van der Waals surface area contributed by atoms with Gasteiger partial charge in [-0.25, -0.2) is 0 Å². The second-order valence-corrected chi connectivity index (χ2v) is 5.21. The van der Waals surface area contributed by atoms with Crippen LogP contribution < -0.4 is 0 Å². The summed E-state index contributed by atoms with van der Waals surface area (Å²) in [4.78, 5) is 0. The van der Waals surface area contributed by atoms with Gasteiger partial charge in [-0.05, 0) is 12.8 Å². The second-order valence-electron chi connectivity index (χ2n) is 4.13. The van der Waals surface area contributed by atoms with Crippen molar-refractivity contribution in [2.24, 2.45) is 0 Å². The summed E-state index contributed by atoms with van der Waals surface area (Å²) in [6.45, 7) is 1.19. The first-order valence-electron chi connectivity index (χ1n) is 6.19. The lowest BCUT2D eigenvalue weighted by atomic mass is 10.1. The normalized spacial score (nSPS) is 24.5. The van der Waals surface area contributed by atoms with Crippen molar-refractivity contribution in [2.45, 2.75) is 57.8 Å². The minimum absolute atomic E-state index is 0.595. The van der Waals surface area contributed by atoms with Crippen LogP contribution in [-0.2, 0) is 13.6 Å². The molecule has 0 atom stereocenters. The molecule has 4 heteroatoms. The summed E-state index contributed by atoms with van der Waals surface area (Å²) in [5, 5.41) is 0. The molecule has 0 saturated carbocycles. The third-order valence-electron chi connectivity index (χ3n) is 2.73. The molecule has 0 aromatic rings. The van der Waals surface area contributed by atoms with Crippen LogP contribution in [0.15, 0.2) is 0 Å². The Labute approximate surface area is 93.5 Å². The highest BCUT2D eigenvalue weighted by Crippen LogP contribution is 2.25. The van der Waals surface area contributed by atoms with Gasteiger partial charge in [0.15, 0.2) is 0 Å². The van der Waals surface area contributed by atoms with E-state index in [-0.39, 0.29) is 0 Å². The Morgan fingerprint density at radius 1 is 0.600 bits per heavy atom. The molecule has 1 saturated heterocycles. The monoisotopic (exact) mass is 234 g/mol. The second kappa shape index (κ2) is 9.38. The van der Waals surface area contributed by atoms with Crippen molar-refractivity contribution in [2.75, 3.05) is 13.2 Å². The van der Waals surface area contributed by atoms with E-state index in [1.54, 1.807) is 0 Å². The van der Waals surface area contributed by atoms with Gasteiger partial charge in [0.05, 0.1) is 13.2 Å². The first-order chi connectivity index (χ1) is 7.39. The summed E-state index contributed by atoms with van der Waals surface area (Å²) in [6, 6.07) is 0. The van der Waals surface area contributed by atoms with Crippen LogP contribution in [0.4, 0.5) is 0 Å². The minimum Gasteiger partial charge on any atom is -0.311 e. The van der Waals surface area contributed by atoms with E-state index >= 15 is 0 Å². The van der Waals surface area contributed by atoms with Crippen LogP contribution in [0.25, 0.3) is 0 Å². The Morgan fingerprint density at radius 3 is 1.33 bits per heavy atom. The van der Waals surface area contributed by atoms with Gasteiger partial charge in [-0.15, -0.1) is 0 Å². The average molecular weight is 234 g/mol. The molecule has 0 aromatic carbocycles. The molecule has 0 spiro atoms. The van der Waals surface area contributed by atoms with Crippen LogP contribution in [0.5, 0.6) is 0 Å². The molecule has 0 bridgehead atoms. The molecule has 0 amide bonds. The van der Waals surface area contributed by atoms with Crippen LogP contribution in [0, 0.1) is 0 Å². The summed E-state index contributed by atoms with van der Waals surface area (Å²) in [7, 11) is -2.19. The molecule has 90 valence electrons. The largest absolute Gasteiger partial charge is 0.319 e. The Balaban J connectivity index is 2.13. The standard InChI is InChI=1S/C11H23O3P/c12-15-13-10-8-6-4-2-1-3-5-7-9-11-14-15/h15H,1-11H2. The highest BCUT2D eigenvalue weighted by molar-refractivity contribution is 7.33. The quantitative estimate of drug-likeness (QED) is 0.596. The third kappa shape index (κ3) is 8.01. The molecule has 1 heterocycles. The van der Waals surface area contributed by atoms with Crippen molar-refractivity contribution in [1.29, 1.82) is 0 Å². The molecule has 0 aromatic heterocycles. The Hall–Kier alpha value is 0.150. The molecular weight excluding hydrogens is 211 g/mol. The fraction of sp³-hybridized carbons (Fsp3) is 1.00. The van der Waals surface area contributed by atoms with E-state index in [1.807, 2.05) is 0 Å². The van der Waals surface area contributed by atoms with Gasteiger partial charge in [-0.3, -0.25) is 4.57 Å². The number of hydrogen-bond donors (Lipinski definition) is 0. The van der Waals surface area contributed by atoms with E-state index in [9.17, 15) is 4.57 Å². The van der Waals surface area contributed by atoms with Crippen molar-refractivity contribution in [1.82, 2.24) is 0 Å². The molecule has 15 heavy (non-hydrogen) atoms.